The zero-order chi connectivity index (χ0) is 15.7. The number of nitrogens with one attached hydrogen (secondary N) is 1. The number of carbonyl (C=O) groups excluding carboxylic acids is 1. The molecule has 0 atom stereocenters. The smallest absolute Gasteiger partial charge is 0.337 e. The standard InChI is InChI=1S/C17H13NO3S/c1-10-5-4-7-12(17(20)21)15(10)18-16(19)13-9-22-14-8-3-2-6-11(13)14/h2-9H,1H3,(H,18,19)(H,20,21). The highest BCUT2D eigenvalue weighted by molar-refractivity contribution is 7.17. The van der Waals surface area contributed by atoms with E-state index in [1.54, 1.807) is 24.4 Å². The number of amides is 1. The van der Waals surface area contributed by atoms with E-state index in [9.17, 15) is 14.7 Å². The fraction of sp³-hybridized carbons (Fsp3) is 0.0588. The molecular formula is C17H13NO3S. The molecule has 0 radical (unpaired) electrons. The number of carboxylic acids is 1. The molecule has 0 unspecified atom stereocenters. The molecule has 0 aliphatic heterocycles. The first kappa shape index (κ1) is 14.3. The van der Waals surface area contributed by atoms with Crippen molar-refractivity contribution in [2.75, 3.05) is 5.32 Å². The molecule has 1 heterocycles. The van der Waals surface area contributed by atoms with Gasteiger partial charge in [-0.05, 0) is 24.6 Å². The van der Waals surface area contributed by atoms with Gasteiger partial charge in [-0.1, -0.05) is 30.3 Å². The summed E-state index contributed by atoms with van der Waals surface area (Å²) >= 11 is 1.49. The molecule has 0 aliphatic rings. The van der Waals surface area contributed by atoms with Crippen LogP contribution in [-0.2, 0) is 0 Å². The van der Waals surface area contributed by atoms with Crippen molar-refractivity contribution in [3.05, 3.63) is 64.5 Å². The molecule has 110 valence electrons. The number of rotatable bonds is 3. The van der Waals surface area contributed by atoms with Crippen LogP contribution in [0, 0.1) is 6.92 Å². The van der Waals surface area contributed by atoms with Gasteiger partial charge in [0.15, 0.2) is 0 Å². The summed E-state index contributed by atoms with van der Waals surface area (Å²) in [6.07, 6.45) is 0. The van der Waals surface area contributed by atoms with Crippen LogP contribution in [0.3, 0.4) is 0 Å². The number of carbonyl (C=O) groups is 2. The van der Waals surface area contributed by atoms with Crippen LogP contribution in [0.4, 0.5) is 5.69 Å². The summed E-state index contributed by atoms with van der Waals surface area (Å²) in [6.45, 7) is 1.77. The van der Waals surface area contributed by atoms with Crippen molar-refractivity contribution in [2.24, 2.45) is 0 Å². The van der Waals surface area contributed by atoms with E-state index in [1.165, 1.54) is 17.4 Å². The Balaban J connectivity index is 2.00. The minimum Gasteiger partial charge on any atom is -0.478 e. The Morgan fingerprint density at radius 1 is 1.05 bits per heavy atom. The lowest BCUT2D eigenvalue weighted by Crippen LogP contribution is -2.15. The summed E-state index contributed by atoms with van der Waals surface area (Å²) in [5.74, 6) is -1.36. The first-order chi connectivity index (χ1) is 10.6. The zero-order valence-electron chi connectivity index (χ0n) is 11.8. The number of carboxylic acid groups (broad SMARTS) is 1. The second-order valence-corrected chi connectivity index (χ2v) is 5.81. The zero-order valence-corrected chi connectivity index (χ0v) is 12.6. The van der Waals surface area contributed by atoms with Gasteiger partial charge in [-0.25, -0.2) is 4.79 Å². The van der Waals surface area contributed by atoms with Gasteiger partial charge in [-0.15, -0.1) is 11.3 Å². The lowest BCUT2D eigenvalue weighted by atomic mass is 10.1. The van der Waals surface area contributed by atoms with Crippen molar-refractivity contribution in [3.8, 4) is 0 Å². The van der Waals surface area contributed by atoms with E-state index in [2.05, 4.69) is 5.32 Å². The average Bonchev–Trinajstić information content (AvgIpc) is 2.93. The van der Waals surface area contributed by atoms with Gasteiger partial charge in [0, 0.05) is 15.5 Å². The Hall–Kier alpha value is -2.66. The number of aromatic carboxylic acids is 1. The van der Waals surface area contributed by atoms with Gasteiger partial charge in [0.25, 0.3) is 5.91 Å². The maximum Gasteiger partial charge on any atom is 0.337 e. The Kier molecular flexibility index (Phi) is 3.65. The summed E-state index contributed by atoms with van der Waals surface area (Å²) in [5.41, 5.74) is 1.70. The van der Waals surface area contributed by atoms with E-state index < -0.39 is 5.97 Å². The molecule has 22 heavy (non-hydrogen) atoms. The van der Waals surface area contributed by atoms with Gasteiger partial charge in [0.2, 0.25) is 0 Å². The van der Waals surface area contributed by atoms with Crippen LogP contribution in [0.5, 0.6) is 0 Å². The Bertz CT molecular complexity index is 882. The van der Waals surface area contributed by atoms with Gasteiger partial charge < -0.3 is 10.4 Å². The third kappa shape index (κ3) is 2.46. The van der Waals surface area contributed by atoms with Crippen molar-refractivity contribution in [1.82, 2.24) is 0 Å². The second kappa shape index (κ2) is 5.61. The minimum absolute atomic E-state index is 0.0906. The van der Waals surface area contributed by atoms with Crippen molar-refractivity contribution in [2.45, 2.75) is 6.92 Å². The summed E-state index contributed by atoms with van der Waals surface area (Å²) in [6, 6.07) is 12.6. The molecule has 5 heteroatoms. The highest BCUT2D eigenvalue weighted by atomic mass is 32.1. The first-order valence-corrected chi connectivity index (χ1v) is 7.56. The maximum absolute atomic E-state index is 12.5. The van der Waals surface area contributed by atoms with Crippen molar-refractivity contribution in [3.63, 3.8) is 0 Å². The number of anilines is 1. The Morgan fingerprint density at radius 2 is 1.82 bits per heavy atom. The summed E-state index contributed by atoms with van der Waals surface area (Å²) in [7, 11) is 0. The fourth-order valence-corrected chi connectivity index (χ4v) is 3.29. The Morgan fingerprint density at radius 3 is 2.59 bits per heavy atom. The van der Waals surface area contributed by atoms with Crippen LogP contribution in [0.1, 0.15) is 26.3 Å². The lowest BCUT2D eigenvalue weighted by molar-refractivity contribution is 0.0698. The predicted molar refractivity (Wildman–Crippen MR) is 87.9 cm³/mol. The number of hydrogen-bond donors (Lipinski definition) is 2. The topological polar surface area (TPSA) is 66.4 Å². The number of thiophene rings is 1. The molecule has 4 nitrogen and oxygen atoms in total. The van der Waals surface area contributed by atoms with Crippen LogP contribution < -0.4 is 5.32 Å². The summed E-state index contributed by atoms with van der Waals surface area (Å²) in [4.78, 5) is 23.8. The van der Waals surface area contributed by atoms with Gasteiger partial charge >= 0.3 is 5.97 Å². The van der Waals surface area contributed by atoms with E-state index in [1.807, 2.05) is 24.3 Å². The molecule has 0 fully saturated rings. The number of para-hydroxylation sites is 1. The summed E-state index contributed by atoms with van der Waals surface area (Å²) in [5, 5.41) is 14.7. The molecule has 3 rings (SSSR count). The molecule has 1 aromatic heterocycles. The van der Waals surface area contributed by atoms with E-state index in [4.69, 9.17) is 0 Å². The molecular weight excluding hydrogens is 298 g/mol. The quantitative estimate of drug-likeness (QED) is 0.763. The normalized spacial score (nSPS) is 10.6. The predicted octanol–water partition coefficient (Wildman–Crippen LogP) is 4.16. The molecule has 0 spiro atoms. The van der Waals surface area contributed by atoms with Gasteiger partial charge in [-0.2, -0.15) is 0 Å². The second-order valence-electron chi connectivity index (χ2n) is 4.90. The van der Waals surface area contributed by atoms with Gasteiger partial charge in [0.05, 0.1) is 16.8 Å². The molecule has 0 saturated carbocycles. The molecule has 2 aromatic carbocycles. The van der Waals surface area contributed by atoms with Crippen LogP contribution in [0.2, 0.25) is 0 Å². The fourth-order valence-electron chi connectivity index (χ4n) is 2.35. The monoisotopic (exact) mass is 311 g/mol. The largest absolute Gasteiger partial charge is 0.478 e. The van der Waals surface area contributed by atoms with Crippen molar-refractivity contribution < 1.29 is 14.7 Å². The van der Waals surface area contributed by atoms with Crippen LogP contribution in [0.15, 0.2) is 47.8 Å². The molecule has 0 aliphatic carbocycles. The third-order valence-corrected chi connectivity index (χ3v) is 4.43. The highest BCUT2D eigenvalue weighted by Gasteiger charge is 2.17. The molecule has 1 amide bonds. The van der Waals surface area contributed by atoms with Gasteiger partial charge in [0.1, 0.15) is 0 Å². The van der Waals surface area contributed by atoms with Crippen LogP contribution in [0.25, 0.3) is 10.1 Å². The average molecular weight is 311 g/mol. The number of benzene rings is 2. The Labute approximate surface area is 131 Å². The van der Waals surface area contributed by atoms with E-state index in [0.717, 1.165) is 10.1 Å². The van der Waals surface area contributed by atoms with Crippen molar-refractivity contribution >= 4 is 39.0 Å². The summed E-state index contributed by atoms with van der Waals surface area (Å²) < 4.78 is 1.02. The number of hydrogen-bond acceptors (Lipinski definition) is 3. The van der Waals surface area contributed by atoms with E-state index >= 15 is 0 Å². The minimum atomic E-state index is -1.06. The van der Waals surface area contributed by atoms with Gasteiger partial charge in [-0.3, -0.25) is 4.79 Å². The van der Waals surface area contributed by atoms with E-state index in [0.29, 0.717) is 16.8 Å². The third-order valence-electron chi connectivity index (χ3n) is 3.47. The molecule has 2 N–H and O–H groups in total. The molecule has 0 bridgehead atoms. The number of aryl methyl sites for hydroxylation is 1. The molecule has 3 aromatic rings. The lowest BCUT2D eigenvalue weighted by Gasteiger charge is -2.11. The van der Waals surface area contributed by atoms with Crippen LogP contribution >= 0.6 is 11.3 Å². The first-order valence-electron chi connectivity index (χ1n) is 6.68. The highest BCUT2D eigenvalue weighted by Crippen LogP contribution is 2.27. The SMILES string of the molecule is Cc1cccc(C(=O)O)c1NC(=O)c1csc2ccccc12. The van der Waals surface area contributed by atoms with E-state index in [-0.39, 0.29) is 11.5 Å². The maximum atomic E-state index is 12.5. The van der Waals surface area contributed by atoms with Crippen LogP contribution in [-0.4, -0.2) is 17.0 Å². The molecule has 0 saturated heterocycles. The van der Waals surface area contributed by atoms with Crippen molar-refractivity contribution in [1.29, 1.82) is 0 Å². The number of fused-ring (bicyclic) bond motifs is 1.